The number of rotatable bonds is 3. The molecule has 1 aromatic heterocycles. The summed E-state index contributed by atoms with van der Waals surface area (Å²) >= 11 is 0. The summed E-state index contributed by atoms with van der Waals surface area (Å²) in [6.45, 7) is 8.12. The van der Waals surface area contributed by atoms with Gasteiger partial charge in [-0.25, -0.2) is 4.98 Å². The molecule has 2 rings (SSSR count). The fourth-order valence-electron chi connectivity index (χ4n) is 2.20. The Labute approximate surface area is 107 Å². The van der Waals surface area contributed by atoms with Crippen molar-refractivity contribution in [2.75, 3.05) is 5.32 Å². The van der Waals surface area contributed by atoms with E-state index in [9.17, 15) is 4.79 Å². The Hall–Kier alpha value is -1.84. The predicted molar refractivity (Wildman–Crippen MR) is 73.8 cm³/mol. The number of carbonyl (C=O) groups excluding carboxylic acids is 1. The zero-order chi connectivity index (χ0) is 13.3. The van der Waals surface area contributed by atoms with Gasteiger partial charge in [-0.05, 0) is 39.0 Å². The molecule has 0 radical (unpaired) electrons. The van der Waals surface area contributed by atoms with Crippen LogP contribution in [0.3, 0.4) is 0 Å². The summed E-state index contributed by atoms with van der Waals surface area (Å²) in [6.07, 6.45) is 0.484. The SMILES string of the molecule is CCC(=O)Nc1ccc2c(c1)nc(C)n2C(C)C. The minimum atomic E-state index is 0.0226. The Morgan fingerprint density at radius 1 is 1.44 bits per heavy atom. The molecule has 0 atom stereocenters. The van der Waals surface area contributed by atoms with Crippen molar-refractivity contribution in [1.82, 2.24) is 9.55 Å². The third-order valence-electron chi connectivity index (χ3n) is 2.99. The van der Waals surface area contributed by atoms with Crippen LogP contribution in [-0.2, 0) is 4.79 Å². The first-order chi connectivity index (χ1) is 8.52. The van der Waals surface area contributed by atoms with Gasteiger partial charge in [0.25, 0.3) is 0 Å². The molecule has 0 aliphatic heterocycles. The number of aromatic nitrogens is 2. The molecule has 0 saturated carbocycles. The van der Waals surface area contributed by atoms with Gasteiger partial charge in [0, 0.05) is 18.2 Å². The normalized spacial score (nSPS) is 11.2. The van der Waals surface area contributed by atoms with Crippen LogP contribution in [0.1, 0.15) is 39.1 Å². The van der Waals surface area contributed by atoms with Crippen molar-refractivity contribution in [2.24, 2.45) is 0 Å². The zero-order valence-corrected chi connectivity index (χ0v) is 11.3. The van der Waals surface area contributed by atoms with E-state index in [4.69, 9.17) is 0 Å². The largest absolute Gasteiger partial charge is 0.326 e. The highest BCUT2D eigenvalue weighted by atomic mass is 16.1. The van der Waals surface area contributed by atoms with Crippen LogP contribution in [0, 0.1) is 6.92 Å². The van der Waals surface area contributed by atoms with Crippen molar-refractivity contribution in [2.45, 2.75) is 40.2 Å². The van der Waals surface area contributed by atoms with E-state index in [1.54, 1.807) is 0 Å². The van der Waals surface area contributed by atoms with E-state index in [1.165, 1.54) is 0 Å². The fourth-order valence-corrected chi connectivity index (χ4v) is 2.20. The van der Waals surface area contributed by atoms with Crippen LogP contribution in [-0.4, -0.2) is 15.5 Å². The van der Waals surface area contributed by atoms with Gasteiger partial charge in [0.1, 0.15) is 5.82 Å². The van der Waals surface area contributed by atoms with Crippen LogP contribution >= 0.6 is 0 Å². The second-order valence-corrected chi connectivity index (χ2v) is 4.73. The van der Waals surface area contributed by atoms with E-state index in [2.05, 4.69) is 28.7 Å². The minimum Gasteiger partial charge on any atom is -0.326 e. The summed E-state index contributed by atoms with van der Waals surface area (Å²) in [6, 6.07) is 6.25. The number of benzene rings is 1. The average Bonchev–Trinajstić information content (AvgIpc) is 2.64. The van der Waals surface area contributed by atoms with Crippen LogP contribution in [0.15, 0.2) is 18.2 Å². The van der Waals surface area contributed by atoms with Gasteiger partial charge in [-0.15, -0.1) is 0 Å². The van der Waals surface area contributed by atoms with E-state index < -0.39 is 0 Å². The van der Waals surface area contributed by atoms with Crippen molar-refractivity contribution in [3.8, 4) is 0 Å². The monoisotopic (exact) mass is 245 g/mol. The van der Waals surface area contributed by atoms with Crippen molar-refractivity contribution in [3.05, 3.63) is 24.0 Å². The molecule has 2 aromatic rings. The molecular weight excluding hydrogens is 226 g/mol. The van der Waals surface area contributed by atoms with E-state index in [-0.39, 0.29) is 5.91 Å². The molecule has 1 heterocycles. The van der Waals surface area contributed by atoms with Gasteiger partial charge in [0.2, 0.25) is 5.91 Å². The second kappa shape index (κ2) is 4.80. The lowest BCUT2D eigenvalue weighted by Gasteiger charge is -2.10. The number of aryl methyl sites for hydroxylation is 1. The van der Waals surface area contributed by atoms with Gasteiger partial charge in [-0.2, -0.15) is 0 Å². The Kier molecular flexibility index (Phi) is 3.36. The molecule has 4 nitrogen and oxygen atoms in total. The van der Waals surface area contributed by atoms with Crippen LogP contribution in [0.25, 0.3) is 11.0 Å². The first-order valence-corrected chi connectivity index (χ1v) is 6.31. The lowest BCUT2D eigenvalue weighted by Crippen LogP contribution is -2.09. The number of imidazole rings is 1. The van der Waals surface area contributed by atoms with Gasteiger partial charge in [-0.1, -0.05) is 6.92 Å². The Bertz CT molecular complexity index is 584. The number of fused-ring (bicyclic) bond motifs is 1. The lowest BCUT2D eigenvalue weighted by atomic mass is 10.2. The van der Waals surface area contributed by atoms with E-state index in [1.807, 2.05) is 32.0 Å². The molecule has 1 aromatic carbocycles. The maximum absolute atomic E-state index is 11.4. The van der Waals surface area contributed by atoms with Crippen molar-refractivity contribution >= 4 is 22.6 Å². The first kappa shape index (κ1) is 12.6. The topological polar surface area (TPSA) is 46.9 Å². The number of nitrogens with one attached hydrogen (secondary N) is 1. The molecule has 0 aliphatic carbocycles. The van der Waals surface area contributed by atoms with Crippen LogP contribution in [0.4, 0.5) is 5.69 Å². The zero-order valence-electron chi connectivity index (χ0n) is 11.3. The molecule has 96 valence electrons. The highest BCUT2D eigenvalue weighted by molar-refractivity contribution is 5.92. The quantitative estimate of drug-likeness (QED) is 0.902. The van der Waals surface area contributed by atoms with E-state index in [0.29, 0.717) is 12.5 Å². The number of carbonyl (C=O) groups is 1. The van der Waals surface area contributed by atoms with Crippen molar-refractivity contribution in [3.63, 3.8) is 0 Å². The minimum absolute atomic E-state index is 0.0226. The third-order valence-corrected chi connectivity index (χ3v) is 2.99. The highest BCUT2D eigenvalue weighted by Crippen LogP contribution is 2.23. The highest BCUT2D eigenvalue weighted by Gasteiger charge is 2.10. The summed E-state index contributed by atoms with van der Waals surface area (Å²) in [5, 5.41) is 2.85. The molecule has 0 fully saturated rings. The maximum atomic E-state index is 11.4. The molecule has 0 unspecified atom stereocenters. The molecule has 0 saturated heterocycles. The van der Waals surface area contributed by atoms with Gasteiger partial charge in [-0.3, -0.25) is 4.79 Å². The predicted octanol–water partition coefficient (Wildman–Crippen LogP) is 3.27. The van der Waals surface area contributed by atoms with E-state index in [0.717, 1.165) is 22.5 Å². The number of amides is 1. The van der Waals surface area contributed by atoms with Gasteiger partial charge in [0.05, 0.1) is 11.0 Å². The summed E-state index contributed by atoms with van der Waals surface area (Å²) < 4.78 is 2.20. The Morgan fingerprint density at radius 2 is 2.17 bits per heavy atom. The summed E-state index contributed by atoms with van der Waals surface area (Å²) in [5.74, 6) is 1.02. The summed E-state index contributed by atoms with van der Waals surface area (Å²) in [4.78, 5) is 15.9. The van der Waals surface area contributed by atoms with Crippen molar-refractivity contribution in [1.29, 1.82) is 0 Å². The molecule has 1 amide bonds. The maximum Gasteiger partial charge on any atom is 0.224 e. The molecule has 1 N–H and O–H groups in total. The molecule has 4 heteroatoms. The number of nitrogens with zero attached hydrogens (tertiary/aromatic N) is 2. The van der Waals surface area contributed by atoms with Crippen LogP contribution < -0.4 is 5.32 Å². The Morgan fingerprint density at radius 3 is 2.78 bits per heavy atom. The van der Waals surface area contributed by atoms with Crippen LogP contribution in [0.5, 0.6) is 0 Å². The molecule has 0 bridgehead atoms. The summed E-state index contributed by atoms with van der Waals surface area (Å²) in [7, 11) is 0. The lowest BCUT2D eigenvalue weighted by molar-refractivity contribution is -0.115. The smallest absolute Gasteiger partial charge is 0.224 e. The molecule has 18 heavy (non-hydrogen) atoms. The standard InChI is InChI=1S/C14H19N3O/c1-5-14(18)16-11-6-7-13-12(8-11)15-10(4)17(13)9(2)3/h6-9H,5H2,1-4H3,(H,16,18). The number of hydrogen-bond acceptors (Lipinski definition) is 2. The fraction of sp³-hybridized carbons (Fsp3) is 0.429. The molecular formula is C14H19N3O. The second-order valence-electron chi connectivity index (χ2n) is 4.73. The van der Waals surface area contributed by atoms with Gasteiger partial charge in [0.15, 0.2) is 0 Å². The number of hydrogen-bond donors (Lipinski definition) is 1. The van der Waals surface area contributed by atoms with Gasteiger partial charge >= 0.3 is 0 Å². The van der Waals surface area contributed by atoms with Crippen molar-refractivity contribution < 1.29 is 4.79 Å². The van der Waals surface area contributed by atoms with E-state index >= 15 is 0 Å². The Balaban J connectivity index is 2.44. The van der Waals surface area contributed by atoms with Gasteiger partial charge < -0.3 is 9.88 Å². The first-order valence-electron chi connectivity index (χ1n) is 6.31. The average molecular weight is 245 g/mol. The molecule has 0 spiro atoms. The number of anilines is 1. The summed E-state index contributed by atoms with van der Waals surface area (Å²) in [5.41, 5.74) is 2.84. The third kappa shape index (κ3) is 2.23. The van der Waals surface area contributed by atoms with Crippen LogP contribution in [0.2, 0.25) is 0 Å². The molecule has 0 aliphatic rings.